The van der Waals surface area contributed by atoms with E-state index in [2.05, 4.69) is 67.3 Å². The van der Waals surface area contributed by atoms with Crippen molar-refractivity contribution in [1.82, 2.24) is 0 Å². The SMILES string of the molecule is CC#Cc1ccc(-c2cccc(CC)c2)cc1. The summed E-state index contributed by atoms with van der Waals surface area (Å²) in [5, 5.41) is 0. The van der Waals surface area contributed by atoms with E-state index in [9.17, 15) is 0 Å². The van der Waals surface area contributed by atoms with Gasteiger partial charge in [0.2, 0.25) is 0 Å². The summed E-state index contributed by atoms with van der Waals surface area (Å²) in [7, 11) is 0. The Hall–Kier alpha value is -2.00. The molecule has 0 fully saturated rings. The summed E-state index contributed by atoms with van der Waals surface area (Å²) in [6, 6.07) is 17.1. The molecule has 0 heteroatoms. The van der Waals surface area contributed by atoms with Gasteiger partial charge >= 0.3 is 0 Å². The standard InChI is InChI=1S/C17H16/c1-3-6-15-9-11-16(12-10-15)17-8-5-7-14(4-2)13-17/h5,7-13H,4H2,1-2H3. The molecule has 0 nitrogen and oxygen atoms in total. The predicted octanol–water partition coefficient (Wildman–Crippen LogP) is 4.29. The van der Waals surface area contributed by atoms with Crippen LogP contribution in [0.4, 0.5) is 0 Å². The van der Waals surface area contributed by atoms with Gasteiger partial charge in [-0.3, -0.25) is 0 Å². The molecule has 0 saturated carbocycles. The summed E-state index contributed by atoms with van der Waals surface area (Å²) >= 11 is 0. The maximum absolute atomic E-state index is 3.06. The number of aryl methyl sites for hydroxylation is 1. The summed E-state index contributed by atoms with van der Waals surface area (Å²) in [6.07, 6.45) is 1.08. The molecule has 0 aliphatic carbocycles. The highest BCUT2D eigenvalue weighted by Gasteiger charge is 1.98. The summed E-state index contributed by atoms with van der Waals surface area (Å²) in [5.74, 6) is 5.97. The Morgan fingerprint density at radius 3 is 2.35 bits per heavy atom. The second-order valence-electron chi connectivity index (χ2n) is 4.01. The van der Waals surface area contributed by atoms with Crippen molar-refractivity contribution in [1.29, 1.82) is 0 Å². The first-order valence-corrected chi connectivity index (χ1v) is 5.95. The van der Waals surface area contributed by atoms with Crippen molar-refractivity contribution in [2.45, 2.75) is 20.3 Å². The fourth-order valence-electron chi connectivity index (χ4n) is 1.86. The van der Waals surface area contributed by atoms with Crippen molar-refractivity contribution >= 4 is 0 Å². The van der Waals surface area contributed by atoms with Crippen molar-refractivity contribution in [3.63, 3.8) is 0 Å². The summed E-state index contributed by atoms with van der Waals surface area (Å²) in [4.78, 5) is 0. The normalized spacial score (nSPS) is 9.53. The molecule has 2 aromatic rings. The third-order valence-electron chi connectivity index (χ3n) is 2.82. The molecule has 0 spiro atoms. The van der Waals surface area contributed by atoms with Gasteiger partial charge in [0.15, 0.2) is 0 Å². The van der Waals surface area contributed by atoms with Gasteiger partial charge in [0.1, 0.15) is 0 Å². The van der Waals surface area contributed by atoms with Crippen LogP contribution in [0.1, 0.15) is 25.0 Å². The molecule has 0 radical (unpaired) electrons. The Morgan fingerprint density at radius 1 is 0.941 bits per heavy atom. The van der Waals surface area contributed by atoms with E-state index in [1.165, 1.54) is 16.7 Å². The predicted molar refractivity (Wildman–Crippen MR) is 73.8 cm³/mol. The van der Waals surface area contributed by atoms with Gasteiger partial charge < -0.3 is 0 Å². The topological polar surface area (TPSA) is 0 Å². The lowest BCUT2D eigenvalue weighted by atomic mass is 10.0. The van der Waals surface area contributed by atoms with Crippen LogP contribution in [0, 0.1) is 11.8 Å². The van der Waals surface area contributed by atoms with Gasteiger partial charge in [-0.2, -0.15) is 0 Å². The Kier molecular flexibility index (Phi) is 3.62. The first kappa shape index (κ1) is 11.5. The highest BCUT2D eigenvalue weighted by molar-refractivity contribution is 5.65. The molecule has 0 bridgehead atoms. The highest BCUT2D eigenvalue weighted by atomic mass is 14.0. The molecular formula is C17H16. The third kappa shape index (κ3) is 2.77. The van der Waals surface area contributed by atoms with E-state index in [0.29, 0.717) is 0 Å². The van der Waals surface area contributed by atoms with Crippen molar-refractivity contribution in [2.75, 3.05) is 0 Å². The molecule has 0 amide bonds. The maximum atomic E-state index is 3.06. The largest absolute Gasteiger partial charge is 0.101 e. The van der Waals surface area contributed by atoms with Gasteiger partial charge in [-0.15, -0.1) is 5.92 Å². The van der Waals surface area contributed by atoms with Crippen LogP contribution in [0.5, 0.6) is 0 Å². The van der Waals surface area contributed by atoms with Crippen LogP contribution in [0.3, 0.4) is 0 Å². The van der Waals surface area contributed by atoms with E-state index in [0.717, 1.165) is 12.0 Å². The van der Waals surface area contributed by atoms with Gasteiger partial charge in [-0.25, -0.2) is 0 Å². The molecule has 17 heavy (non-hydrogen) atoms. The quantitative estimate of drug-likeness (QED) is 0.662. The van der Waals surface area contributed by atoms with Crippen molar-refractivity contribution in [3.05, 3.63) is 59.7 Å². The summed E-state index contributed by atoms with van der Waals surface area (Å²) < 4.78 is 0. The van der Waals surface area contributed by atoms with E-state index in [1.54, 1.807) is 0 Å². The van der Waals surface area contributed by atoms with Gasteiger partial charge in [-0.05, 0) is 42.2 Å². The zero-order valence-corrected chi connectivity index (χ0v) is 10.3. The molecule has 2 aromatic carbocycles. The van der Waals surface area contributed by atoms with E-state index in [-0.39, 0.29) is 0 Å². The van der Waals surface area contributed by atoms with Crippen molar-refractivity contribution in [3.8, 4) is 23.0 Å². The fraction of sp³-hybridized carbons (Fsp3) is 0.176. The average Bonchev–Trinajstić information content (AvgIpc) is 2.40. The average molecular weight is 220 g/mol. The minimum absolute atomic E-state index is 1.07. The zero-order valence-electron chi connectivity index (χ0n) is 10.3. The van der Waals surface area contributed by atoms with Crippen LogP contribution in [0.2, 0.25) is 0 Å². The molecule has 0 atom stereocenters. The Balaban J connectivity index is 2.34. The van der Waals surface area contributed by atoms with E-state index in [4.69, 9.17) is 0 Å². The zero-order chi connectivity index (χ0) is 12.1. The lowest BCUT2D eigenvalue weighted by molar-refractivity contribution is 1.14. The van der Waals surface area contributed by atoms with Crippen molar-refractivity contribution in [2.24, 2.45) is 0 Å². The van der Waals surface area contributed by atoms with Crippen molar-refractivity contribution < 1.29 is 0 Å². The fourth-order valence-corrected chi connectivity index (χ4v) is 1.86. The minimum Gasteiger partial charge on any atom is -0.101 e. The van der Waals surface area contributed by atoms with Gasteiger partial charge in [0.05, 0.1) is 0 Å². The molecule has 0 aliphatic heterocycles. The second-order valence-corrected chi connectivity index (χ2v) is 4.01. The second kappa shape index (κ2) is 5.37. The smallest absolute Gasteiger partial charge is 0.0245 e. The number of hydrogen-bond donors (Lipinski definition) is 0. The highest BCUT2D eigenvalue weighted by Crippen LogP contribution is 2.21. The molecule has 0 heterocycles. The van der Waals surface area contributed by atoms with Crippen LogP contribution in [-0.2, 0) is 6.42 Å². The molecule has 0 saturated heterocycles. The third-order valence-corrected chi connectivity index (χ3v) is 2.82. The number of benzene rings is 2. The Morgan fingerprint density at radius 2 is 1.71 bits per heavy atom. The van der Waals surface area contributed by atoms with Crippen LogP contribution >= 0.6 is 0 Å². The molecule has 0 N–H and O–H groups in total. The van der Waals surface area contributed by atoms with Crippen LogP contribution in [0.25, 0.3) is 11.1 Å². The maximum Gasteiger partial charge on any atom is 0.0245 e. The van der Waals surface area contributed by atoms with Gasteiger partial charge in [0, 0.05) is 5.56 Å². The van der Waals surface area contributed by atoms with Crippen LogP contribution in [0.15, 0.2) is 48.5 Å². The van der Waals surface area contributed by atoms with Gasteiger partial charge in [0.25, 0.3) is 0 Å². The van der Waals surface area contributed by atoms with Crippen LogP contribution in [-0.4, -0.2) is 0 Å². The molecule has 0 aromatic heterocycles. The Bertz CT molecular complexity index is 551. The lowest BCUT2D eigenvalue weighted by Crippen LogP contribution is -1.83. The summed E-state index contributed by atoms with van der Waals surface area (Å²) in [6.45, 7) is 4.04. The van der Waals surface area contributed by atoms with E-state index in [1.807, 2.05) is 6.92 Å². The summed E-state index contributed by atoms with van der Waals surface area (Å²) in [5.41, 5.74) is 4.98. The van der Waals surface area contributed by atoms with E-state index < -0.39 is 0 Å². The minimum atomic E-state index is 1.07. The van der Waals surface area contributed by atoms with E-state index >= 15 is 0 Å². The number of rotatable bonds is 2. The first-order chi connectivity index (χ1) is 8.33. The number of hydrogen-bond acceptors (Lipinski definition) is 0. The van der Waals surface area contributed by atoms with Gasteiger partial charge in [-0.1, -0.05) is 49.2 Å². The lowest BCUT2D eigenvalue weighted by Gasteiger charge is -2.04. The molecule has 84 valence electrons. The Labute approximate surface area is 103 Å². The molecule has 2 rings (SSSR count). The first-order valence-electron chi connectivity index (χ1n) is 5.95. The molecule has 0 unspecified atom stereocenters. The molecular weight excluding hydrogens is 204 g/mol. The monoisotopic (exact) mass is 220 g/mol. The molecule has 0 aliphatic rings. The van der Waals surface area contributed by atoms with Crippen LogP contribution < -0.4 is 0 Å².